The third kappa shape index (κ3) is 2.90. The van der Waals surface area contributed by atoms with Crippen molar-refractivity contribution in [3.8, 4) is 0 Å². The zero-order valence-electron chi connectivity index (χ0n) is 10.7. The topological polar surface area (TPSA) is 62.2 Å². The van der Waals surface area contributed by atoms with Crippen LogP contribution in [0.3, 0.4) is 0 Å². The average molecular weight is 278 g/mol. The van der Waals surface area contributed by atoms with Gasteiger partial charge in [-0.05, 0) is 36.2 Å². The maximum Gasteiger partial charge on any atom is 0.335 e. The van der Waals surface area contributed by atoms with Gasteiger partial charge >= 0.3 is 5.97 Å². The number of carboxylic acids is 1. The molecule has 20 heavy (non-hydrogen) atoms. The van der Waals surface area contributed by atoms with E-state index >= 15 is 0 Å². The average Bonchev–Trinajstić information content (AvgIpc) is 2.39. The van der Waals surface area contributed by atoms with Crippen LogP contribution in [0.4, 0.5) is 14.5 Å². The molecule has 2 aromatic rings. The van der Waals surface area contributed by atoms with Gasteiger partial charge in [-0.2, -0.15) is 0 Å². The third-order valence-corrected chi connectivity index (χ3v) is 2.88. The highest BCUT2D eigenvalue weighted by molar-refractivity contribution is 5.88. The lowest BCUT2D eigenvalue weighted by Crippen LogP contribution is -2.07. The van der Waals surface area contributed by atoms with Crippen molar-refractivity contribution in [2.45, 2.75) is 13.5 Å². The van der Waals surface area contributed by atoms with Gasteiger partial charge in [0.1, 0.15) is 17.3 Å². The lowest BCUT2D eigenvalue weighted by Gasteiger charge is -2.11. The van der Waals surface area contributed by atoms with Crippen LogP contribution in [0.5, 0.6) is 0 Å². The van der Waals surface area contributed by atoms with Gasteiger partial charge in [-0.15, -0.1) is 0 Å². The van der Waals surface area contributed by atoms with Gasteiger partial charge in [0.05, 0.1) is 5.56 Å². The lowest BCUT2D eigenvalue weighted by atomic mass is 10.1. The fourth-order valence-corrected chi connectivity index (χ4v) is 1.75. The van der Waals surface area contributed by atoms with E-state index in [0.29, 0.717) is 0 Å². The molecule has 1 aromatic heterocycles. The van der Waals surface area contributed by atoms with Crippen LogP contribution in [0.1, 0.15) is 21.5 Å². The number of aromatic nitrogens is 1. The maximum absolute atomic E-state index is 13.7. The van der Waals surface area contributed by atoms with Crippen molar-refractivity contribution in [2.75, 3.05) is 5.32 Å². The second-order valence-corrected chi connectivity index (χ2v) is 4.28. The molecule has 0 fully saturated rings. The van der Waals surface area contributed by atoms with Crippen molar-refractivity contribution < 1.29 is 18.7 Å². The van der Waals surface area contributed by atoms with Crippen molar-refractivity contribution in [3.05, 3.63) is 58.9 Å². The number of carbonyl (C=O) groups is 1. The number of nitrogens with zero attached hydrogens (tertiary/aromatic N) is 1. The highest BCUT2D eigenvalue weighted by atomic mass is 19.1. The molecule has 6 heteroatoms. The van der Waals surface area contributed by atoms with E-state index in [2.05, 4.69) is 10.3 Å². The predicted molar refractivity (Wildman–Crippen MR) is 69.6 cm³/mol. The Bertz CT molecular complexity index is 636. The number of aromatic carboxylic acids is 1. The molecule has 0 aliphatic rings. The summed E-state index contributed by atoms with van der Waals surface area (Å²) in [6.07, 6.45) is 3.24. The molecule has 0 saturated carbocycles. The molecule has 4 nitrogen and oxygen atoms in total. The Morgan fingerprint density at radius 2 is 2.00 bits per heavy atom. The van der Waals surface area contributed by atoms with Gasteiger partial charge in [0.2, 0.25) is 0 Å². The molecule has 1 aromatic carbocycles. The van der Waals surface area contributed by atoms with E-state index in [1.807, 2.05) is 6.92 Å². The molecular formula is C14H12F2N2O2. The fourth-order valence-electron chi connectivity index (χ4n) is 1.75. The summed E-state index contributed by atoms with van der Waals surface area (Å²) in [7, 11) is 0. The Morgan fingerprint density at radius 3 is 2.55 bits per heavy atom. The van der Waals surface area contributed by atoms with Crippen LogP contribution in [0.15, 0.2) is 30.6 Å². The summed E-state index contributed by atoms with van der Waals surface area (Å²) in [5, 5.41) is 11.3. The number of pyridine rings is 1. The summed E-state index contributed by atoms with van der Waals surface area (Å²) in [6.45, 7) is 2.05. The van der Waals surface area contributed by atoms with Gasteiger partial charge < -0.3 is 10.4 Å². The number of nitrogens with one attached hydrogen (secondary N) is 1. The fraction of sp³-hybridized carbons (Fsp3) is 0.143. The molecule has 2 rings (SSSR count). The van der Waals surface area contributed by atoms with Crippen molar-refractivity contribution in [1.29, 1.82) is 0 Å². The Hall–Kier alpha value is -2.50. The number of anilines is 1. The van der Waals surface area contributed by atoms with Crippen LogP contribution in [-0.4, -0.2) is 16.1 Å². The molecule has 0 spiro atoms. The molecule has 104 valence electrons. The molecule has 0 saturated heterocycles. The standard InChI is InChI=1S/C14H12F2N2O2/c1-8-6-17-3-2-9(8)7-18-13-11(15)4-10(14(19)20)5-12(13)16/h2-6,18H,7H2,1H3,(H,19,20). The smallest absolute Gasteiger partial charge is 0.335 e. The minimum atomic E-state index is -1.38. The Kier molecular flexibility index (Phi) is 3.93. The Balaban J connectivity index is 2.22. The van der Waals surface area contributed by atoms with Crippen molar-refractivity contribution >= 4 is 11.7 Å². The first kappa shape index (κ1) is 13.9. The van der Waals surface area contributed by atoms with Crippen molar-refractivity contribution in [2.24, 2.45) is 0 Å². The zero-order valence-corrected chi connectivity index (χ0v) is 10.7. The van der Waals surface area contributed by atoms with E-state index in [1.54, 1.807) is 18.5 Å². The number of halogens is 2. The largest absolute Gasteiger partial charge is 0.478 e. The number of rotatable bonds is 4. The SMILES string of the molecule is Cc1cnccc1CNc1c(F)cc(C(=O)O)cc1F. The summed E-state index contributed by atoms with van der Waals surface area (Å²) < 4.78 is 27.4. The van der Waals surface area contributed by atoms with Crippen LogP contribution in [-0.2, 0) is 6.54 Å². The summed E-state index contributed by atoms with van der Waals surface area (Å²) >= 11 is 0. The van der Waals surface area contributed by atoms with E-state index in [-0.39, 0.29) is 12.2 Å². The van der Waals surface area contributed by atoms with Gasteiger partial charge in [-0.3, -0.25) is 4.98 Å². The van der Waals surface area contributed by atoms with Gasteiger partial charge in [0.15, 0.2) is 0 Å². The van der Waals surface area contributed by atoms with Crippen LogP contribution in [0.2, 0.25) is 0 Å². The minimum Gasteiger partial charge on any atom is -0.478 e. The summed E-state index contributed by atoms with van der Waals surface area (Å²) in [5.41, 5.74) is 0.973. The highest BCUT2D eigenvalue weighted by Gasteiger charge is 2.14. The van der Waals surface area contributed by atoms with Crippen LogP contribution in [0, 0.1) is 18.6 Å². The van der Waals surface area contributed by atoms with E-state index in [9.17, 15) is 13.6 Å². The normalized spacial score (nSPS) is 10.3. The van der Waals surface area contributed by atoms with Crippen LogP contribution >= 0.6 is 0 Å². The number of hydrogen-bond donors (Lipinski definition) is 2. The van der Waals surface area contributed by atoms with E-state index in [1.165, 1.54) is 0 Å². The van der Waals surface area contributed by atoms with Gasteiger partial charge in [-0.25, -0.2) is 13.6 Å². The van der Waals surface area contributed by atoms with Gasteiger partial charge in [0.25, 0.3) is 0 Å². The number of benzene rings is 1. The van der Waals surface area contributed by atoms with Gasteiger partial charge in [0, 0.05) is 18.9 Å². The second kappa shape index (κ2) is 5.64. The molecule has 1 heterocycles. The van der Waals surface area contributed by atoms with E-state index < -0.39 is 23.2 Å². The van der Waals surface area contributed by atoms with E-state index in [0.717, 1.165) is 23.3 Å². The van der Waals surface area contributed by atoms with Gasteiger partial charge in [-0.1, -0.05) is 0 Å². The highest BCUT2D eigenvalue weighted by Crippen LogP contribution is 2.22. The van der Waals surface area contributed by atoms with Crippen LogP contribution < -0.4 is 5.32 Å². The molecule has 0 radical (unpaired) electrons. The lowest BCUT2D eigenvalue weighted by molar-refractivity contribution is 0.0696. The van der Waals surface area contributed by atoms with Crippen molar-refractivity contribution in [3.63, 3.8) is 0 Å². The molecule has 0 bridgehead atoms. The van der Waals surface area contributed by atoms with E-state index in [4.69, 9.17) is 5.11 Å². The predicted octanol–water partition coefficient (Wildman–Crippen LogP) is 2.98. The molecular weight excluding hydrogens is 266 g/mol. The molecule has 0 atom stereocenters. The third-order valence-electron chi connectivity index (χ3n) is 2.88. The molecule has 0 unspecified atom stereocenters. The molecule has 0 amide bonds. The molecule has 0 aliphatic carbocycles. The summed E-state index contributed by atoms with van der Waals surface area (Å²) in [6, 6.07) is 3.31. The first-order valence-corrected chi connectivity index (χ1v) is 5.84. The minimum absolute atomic E-state index is 0.217. The summed E-state index contributed by atoms with van der Waals surface area (Å²) in [4.78, 5) is 14.6. The monoisotopic (exact) mass is 278 g/mol. The summed E-state index contributed by atoms with van der Waals surface area (Å²) in [5.74, 6) is -3.25. The van der Waals surface area contributed by atoms with Crippen LogP contribution in [0.25, 0.3) is 0 Å². The Labute approximate surface area is 114 Å². The second-order valence-electron chi connectivity index (χ2n) is 4.28. The van der Waals surface area contributed by atoms with Crippen molar-refractivity contribution in [1.82, 2.24) is 4.98 Å². The number of carboxylic acid groups (broad SMARTS) is 1. The zero-order chi connectivity index (χ0) is 14.7. The molecule has 0 aliphatic heterocycles. The number of aryl methyl sites for hydroxylation is 1. The quantitative estimate of drug-likeness (QED) is 0.902. The maximum atomic E-state index is 13.7. The Morgan fingerprint density at radius 1 is 1.35 bits per heavy atom. The first-order valence-electron chi connectivity index (χ1n) is 5.84. The number of hydrogen-bond acceptors (Lipinski definition) is 3. The first-order chi connectivity index (χ1) is 9.49. The molecule has 2 N–H and O–H groups in total.